The van der Waals surface area contributed by atoms with Crippen molar-refractivity contribution in [3.63, 3.8) is 0 Å². The Kier molecular flexibility index (Phi) is 6.21. The SMILES string of the molecule is Cc1cn(C2CC(N=[N+]=[N-])C(COC(C(=O)O)P(=O)(O)O)O2)c(=O)[nH]c1=O. The third-order valence-corrected chi connectivity index (χ3v) is 4.78. The van der Waals surface area contributed by atoms with Crippen LogP contribution in [0.2, 0.25) is 0 Å². The number of nitrogens with one attached hydrogen (secondary N) is 1. The Hall–Kier alpha value is -2.47. The average Bonchev–Trinajstić information content (AvgIpc) is 2.92. The van der Waals surface area contributed by atoms with Crippen LogP contribution in [0.5, 0.6) is 0 Å². The van der Waals surface area contributed by atoms with Crippen LogP contribution in [-0.4, -0.2) is 55.0 Å². The summed E-state index contributed by atoms with van der Waals surface area (Å²) in [4.78, 5) is 57.1. The number of hydrogen-bond acceptors (Lipinski definition) is 7. The minimum atomic E-state index is -5.09. The molecular formula is C12H16N5O9P. The lowest BCUT2D eigenvalue weighted by atomic mass is 10.1. The van der Waals surface area contributed by atoms with Crippen molar-refractivity contribution in [1.29, 1.82) is 0 Å². The van der Waals surface area contributed by atoms with Crippen LogP contribution in [0.3, 0.4) is 0 Å². The van der Waals surface area contributed by atoms with Gasteiger partial charge in [-0.15, -0.1) is 0 Å². The van der Waals surface area contributed by atoms with E-state index in [0.29, 0.717) is 0 Å². The van der Waals surface area contributed by atoms with E-state index in [-0.39, 0.29) is 12.0 Å². The van der Waals surface area contributed by atoms with Crippen LogP contribution in [0.4, 0.5) is 0 Å². The molecule has 1 saturated heterocycles. The maximum atomic E-state index is 11.9. The number of carboxylic acids is 1. The highest BCUT2D eigenvalue weighted by Gasteiger charge is 2.41. The van der Waals surface area contributed by atoms with Gasteiger partial charge in [0.25, 0.3) is 11.4 Å². The Morgan fingerprint density at radius 3 is 2.81 bits per heavy atom. The zero-order chi connectivity index (χ0) is 20.4. The van der Waals surface area contributed by atoms with Crippen molar-refractivity contribution in [2.75, 3.05) is 6.61 Å². The molecule has 0 bridgehead atoms. The molecule has 4 N–H and O–H groups in total. The fourth-order valence-corrected chi connectivity index (χ4v) is 3.09. The van der Waals surface area contributed by atoms with Crippen LogP contribution < -0.4 is 11.2 Å². The van der Waals surface area contributed by atoms with Gasteiger partial charge in [0.1, 0.15) is 6.23 Å². The van der Waals surface area contributed by atoms with E-state index >= 15 is 0 Å². The number of nitrogens with zero attached hydrogens (tertiary/aromatic N) is 4. The smallest absolute Gasteiger partial charge is 0.365 e. The minimum absolute atomic E-state index is 0.00285. The number of H-pyrrole nitrogens is 1. The second-order valence-corrected chi connectivity index (χ2v) is 7.38. The van der Waals surface area contributed by atoms with Crippen LogP contribution >= 0.6 is 7.60 Å². The number of aryl methyl sites for hydroxylation is 1. The van der Waals surface area contributed by atoms with Crippen LogP contribution in [-0.2, 0) is 18.8 Å². The molecule has 27 heavy (non-hydrogen) atoms. The maximum Gasteiger partial charge on any atom is 0.365 e. The van der Waals surface area contributed by atoms with Gasteiger partial charge in [-0.1, -0.05) is 5.11 Å². The maximum absolute atomic E-state index is 11.9. The molecule has 1 aliphatic heterocycles. The first kappa shape index (κ1) is 20.8. The number of rotatable bonds is 7. The number of ether oxygens (including phenoxy) is 2. The second-order valence-electron chi connectivity index (χ2n) is 5.73. The topological polar surface area (TPSA) is 217 Å². The summed E-state index contributed by atoms with van der Waals surface area (Å²) in [6.07, 6.45) is -0.788. The first-order valence-electron chi connectivity index (χ1n) is 7.46. The Morgan fingerprint density at radius 1 is 1.59 bits per heavy atom. The molecule has 2 rings (SSSR count). The third-order valence-electron chi connectivity index (χ3n) is 3.80. The van der Waals surface area contributed by atoms with Crippen molar-refractivity contribution < 1.29 is 33.7 Å². The summed E-state index contributed by atoms with van der Waals surface area (Å²) in [5.41, 5.74) is 7.54. The van der Waals surface area contributed by atoms with Gasteiger partial charge < -0.3 is 24.4 Å². The number of hydrogen-bond donors (Lipinski definition) is 4. The van der Waals surface area contributed by atoms with E-state index in [9.17, 15) is 18.9 Å². The van der Waals surface area contributed by atoms with Crippen LogP contribution in [0, 0.1) is 6.92 Å². The highest BCUT2D eigenvalue weighted by Crippen LogP contribution is 2.42. The van der Waals surface area contributed by atoms with E-state index < -0.39 is 55.6 Å². The standard InChI is InChI=1S/C12H16N5O9P/c1-5-3-17(12(21)14-9(5)18)8-2-6(15-16-13)7(26-8)4-25-11(10(19)20)27(22,23)24/h3,6-8,11H,2,4H2,1H3,(H,19,20)(H,14,18,21)(H2,22,23,24). The molecule has 0 aromatic carbocycles. The highest BCUT2D eigenvalue weighted by atomic mass is 31.2. The monoisotopic (exact) mass is 405 g/mol. The second kappa shape index (κ2) is 8.05. The Labute approximate surface area is 150 Å². The quantitative estimate of drug-likeness (QED) is 0.197. The number of aliphatic carboxylic acids is 1. The van der Waals surface area contributed by atoms with Gasteiger partial charge in [0.05, 0.1) is 18.8 Å². The Morgan fingerprint density at radius 2 is 2.26 bits per heavy atom. The summed E-state index contributed by atoms with van der Waals surface area (Å²) in [5.74, 6) is -4.28. The van der Waals surface area contributed by atoms with Crippen LogP contribution in [0.15, 0.2) is 20.9 Å². The van der Waals surface area contributed by atoms with E-state index in [4.69, 9.17) is 29.9 Å². The summed E-state index contributed by atoms with van der Waals surface area (Å²) < 4.78 is 22.5. The Balaban J connectivity index is 2.22. The van der Waals surface area contributed by atoms with Gasteiger partial charge in [0.2, 0.25) is 0 Å². The Bertz CT molecular complexity index is 930. The van der Waals surface area contributed by atoms with Crippen molar-refractivity contribution in [1.82, 2.24) is 9.55 Å². The van der Waals surface area contributed by atoms with Gasteiger partial charge >= 0.3 is 19.3 Å². The molecule has 2 heterocycles. The van der Waals surface area contributed by atoms with Crippen molar-refractivity contribution in [3.05, 3.63) is 43.0 Å². The van der Waals surface area contributed by atoms with E-state index in [1.165, 1.54) is 13.1 Å². The van der Waals surface area contributed by atoms with Crippen molar-refractivity contribution in [3.8, 4) is 0 Å². The molecule has 4 unspecified atom stereocenters. The summed E-state index contributed by atoms with van der Waals surface area (Å²) in [7, 11) is -5.09. The predicted molar refractivity (Wildman–Crippen MR) is 86.9 cm³/mol. The van der Waals surface area contributed by atoms with Gasteiger partial charge in [-0.05, 0) is 12.5 Å². The number of aromatic amines is 1. The van der Waals surface area contributed by atoms with Gasteiger partial charge in [-0.2, -0.15) is 0 Å². The molecule has 1 fully saturated rings. The first-order chi connectivity index (χ1) is 12.5. The molecule has 0 radical (unpaired) electrons. The lowest BCUT2D eigenvalue weighted by Gasteiger charge is -2.20. The normalized spacial score (nSPS) is 23.6. The lowest BCUT2D eigenvalue weighted by Crippen LogP contribution is -2.34. The molecule has 1 aromatic heterocycles. The first-order valence-corrected chi connectivity index (χ1v) is 9.14. The van der Waals surface area contributed by atoms with Gasteiger partial charge in [-0.25, -0.2) is 9.59 Å². The van der Waals surface area contributed by atoms with Gasteiger partial charge in [-0.3, -0.25) is 18.9 Å². The predicted octanol–water partition coefficient (Wildman–Crippen LogP) is -0.584. The molecule has 0 spiro atoms. The fourth-order valence-electron chi connectivity index (χ4n) is 2.52. The summed E-state index contributed by atoms with van der Waals surface area (Å²) in [6.45, 7) is 0.853. The van der Waals surface area contributed by atoms with Crippen LogP contribution in [0.1, 0.15) is 18.2 Å². The molecule has 0 saturated carbocycles. The summed E-state index contributed by atoms with van der Waals surface area (Å²) in [5, 5.41) is 12.3. The third kappa shape index (κ3) is 4.83. The summed E-state index contributed by atoms with van der Waals surface area (Å²) in [6, 6.07) is -0.898. The van der Waals surface area contributed by atoms with E-state index in [0.717, 1.165) is 4.57 Å². The molecule has 0 amide bonds. The van der Waals surface area contributed by atoms with Gasteiger partial charge in [0.15, 0.2) is 0 Å². The van der Waals surface area contributed by atoms with E-state index in [1.54, 1.807) is 0 Å². The molecule has 4 atom stereocenters. The van der Waals surface area contributed by atoms with E-state index in [2.05, 4.69) is 15.0 Å². The van der Waals surface area contributed by atoms with Crippen LogP contribution in [0.25, 0.3) is 10.4 Å². The molecular weight excluding hydrogens is 389 g/mol. The average molecular weight is 405 g/mol. The lowest BCUT2D eigenvalue weighted by molar-refractivity contribution is -0.148. The van der Waals surface area contributed by atoms with E-state index in [1.807, 2.05) is 0 Å². The number of azide groups is 1. The molecule has 148 valence electrons. The number of carbonyl (C=O) groups is 1. The zero-order valence-electron chi connectivity index (χ0n) is 13.8. The van der Waals surface area contributed by atoms with Crippen molar-refractivity contribution in [2.24, 2.45) is 5.11 Å². The molecule has 14 nitrogen and oxygen atoms in total. The molecule has 1 aromatic rings. The molecule has 1 aliphatic rings. The van der Waals surface area contributed by atoms with Crippen molar-refractivity contribution >= 4 is 13.6 Å². The summed E-state index contributed by atoms with van der Waals surface area (Å²) >= 11 is 0. The number of carboxylic acid groups (broad SMARTS) is 1. The highest BCUT2D eigenvalue weighted by molar-refractivity contribution is 7.53. The molecule has 0 aliphatic carbocycles. The largest absolute Gasteiger partial charge is 0.479 e. The minimum Gasteiger partial charge on any atom is -0.479 e. The fraction of sp³-hybridized carbons (Fsp3) is 0.583. The van der Waals surface area contributed by atoms with Gasteiger partial charge in [0, 0.05) is 23.1 Å². The van der Waals surface area contributed by atoms with Crippen molar-refractivity contribution in [2.45, 2.75) is 37.6 Å². The molecule has 15 heteroatoms. The number of aromatic nitrogens is 2. The zero-order valence-corrected chi connectivity index (χ0v) is 14.7.